The van der Waals surface area contributed by atoms with Crippen molar-refractivity contribution in [1.82, 2.24) is 0 Å². The zero-order valence-electron chi connectivity index (χ0n) is 12.8. The van der Waals surface area contributed by atoms with Gasteiger partial charge in [0.05, 0.1) is 11.1 Å². The molecule has 0 radical (unpaired) electrons. The first-order chi connectivity index (χ1) is 11.4. The van der Waals surface area contributed by atoms with Gasteiger partial charge in [0.1, 0.15) is 6.61 Å². The van der Waals surface area contributed by atoms with E-state index in [-0.39, 0.29) is 17.7 Å². The third kappa shape index (κ3) is 2.74. The first-order valence-corrected chi connectivity index (χ1v) is 7.26. The molecule has 2 aromatic carbocycles. The van der Waals surface area contributed by atoms with Crippen molar-refractivity contribution in [2.75, 3.05) is 0 Å². The molecule has 1 aliphatic rings. The van der Waals surface area contributed by atoms with Gasteiger partial charge in [-0.1, -0.05) is 6.07 Å². The van der Waals surface area contributed by atoms with Gasteiger partial charge in [0, 0.05) is 6.92 Å². The van der Waals surface area contributed by atoms with Gasteiger partial charge >= 0.3 is 17.9 Å². The SMILES string of the molecule is CC(=O)OCc1cc(C(=O)O)cc2c1-c1ccc(C(=O)O)cc1C2. The Kier molecular flexibility index (Phi) is 3.81. The lowest BCUT2D eigenvalue weighted by molar-refractivity contribution is -0.142. The van der Waals surface area contributed by atoms with Crippen LogP contribution in [0.2, 0.25) is 0 Å². The third-order valence-electron chi connectivity index (χ3n) is 3.98. The van der Waals surface area contributed by atoms with Crippen LogP contribution >= 0.6 is 0 Å². The van der Waals surface area contributed by atoms with Crippen molar-refractivity contribution in [2.24, 2.45) is 0 Å². The van der Waals surface area contributed by atoms with Crippen molar-refractivity contribution in [3.8, 4) is 11.1 Å². The Morgan fingerprint density at radius 1 is 1.00 bits per heavy atom. The highest BCUT2D eigenvalue weighted by Crippen LogP contribution is 2.40. The average Bonchev–Trinajstić information content (AvgIpc) is 2.89. The van der Waals surface area contributed by atoms with Gasteiger partial charge in [-0.25, -0.2) is 9.59 Å². The van der Waals surface area contributed by atoms with Gasteiger partial charge in [0.25, 0.3) is 0 Å². The normalized spacial score (nSPS) is 11.5. The van der Waals surface area contributed by atoms with Crippen LogP contribution in [-0.4, -0.2) is 28.1 Å². The Morgan fingerprint density at radius 2 is 1.67 bits per heavy atom. The van der Waals surface area contributed by atoms with E-state index < -0.39 is 17.9 Å². The number of carbonyl (C=O) groups excluding carboxylic acids is 1. The number of carboxylic acids is 2. The first kappa shape index (κ1) is 15.7. The number of carbonyl (C=O) groups is 3. The van der Waals surface area contributed by atoms with E-state index in [0.717, 1.165) is 22.3 Å². The number of hydrogen-bond acceptors (Lipinski definition) is 4. The summed E-state index contributed by atoms with van der Waals surface area (Å²) in [6, 6.07) is 7.88. The molecule has 2 aromatic rings. The molecule has 6 nitrogen and oxygen atoms in total. The first-order valence-electron chi connectivity index (χ1n) is 7.26. The van der Waals surface area contributed by atoms with E-state index in [0.29, 0.717) is 12.0 Å². The van der Waals surface area contributed by atoms with Gasteiger partial charge < -0.3 is 14.9 Å². The number of aromatic carboxylic acids is 2. The molecule has 0 aliphatic heterocycles. The van der Waals surface area contributed by atoms with Gasteiger partial charge in [0.2, 0.25) is 0 Å². The molecule has 0 aromatic heterocycles. The highest BCUT2D eigenvalue weighted by atomic mass is 16.5. The molecule has 0 saturated carbocycles. The van der Waals surface area contributed by atoms with E-state index in [1.165, 1.54) is 19.1 Å². The van der Waals surface area contributed by atoms with E-state index >= 15 is 0 Å². The molecule has 2 N–H and O–H groups in total. The number of fused-ring (bicyclic) bond motifs is 3. The van der Waals surface area contributed by atoms with Crippen LogP contribution in [-0.2, 0) is 22.6 Å². The zero-order chi connectivity index (χ0) is 17.4. The van der Waals surface area contributed by atoms with E-state index in [4.69, 9.17) is 9.84 Å². The standard InChI is InChI=1S/C18H14O6/c1-9(19)24-8-14-7-13(18(22)23)6-12-5-11-4-10(17(20)21)2-3-15(11)16(12)14/h2-4,6-7H,5,8H2,1H3,(H,20,21)(H,22,23). The summed E-state index contributed by atoms with van der Waals surface area (Å²) in [6.45, 7) is 1.26. The lowest BCUT2D eigenvalue weighted by Gasteiger charge is -2.11. The van der Waals surface area contributed by atoms with Crippen LogP contribution in [0.5, 0.6) is 0 Å². The van der Waals surface area contributed by atoms with Gasteiger partial charge in [0.15, 0.2) is 0 Å². The maximum atomic E-state index is 11.3. The Balaban J connectivity index is 2.13. The number of rotatable bonds is 4. The fourth-order valence-corrected chi connectivity index (χ4v) is 2.99. The van der Waals surface area contributed by atoms with Crippen LogP contribution in [0.25, 0.3) is 11.1 Å². The van der Waals surface area contributed by atoms with Crippen LogP contribution in [0.4, 0.5) is 0 Å². The summed E-state index contributed by atoms with van der Waals surface area (Å²) >= 11 is 0. The molecule has 0 unspecified atom stereocenters. The molecule has 24 heavy (non-hydrogen) atoms. The van der Waals surface area contributed by atoms with Crippen LogP contribution in [0.3, 0.4) is 0 Å². The predicted octanol–water partition coefficient (Wildman–Crippen LogP) is 2.72. The summed E-state index contributed by atoms with van der Waals surface area (Å²) in [4.78, 5) is 33.5. The quantitative estimate of drug-likeness (QED) is 0.715. The maximum Gasteiger partial charge on any atom is 0.335 e. The van der Waals surface area contributed by atoms with Crippen LogP contribution in [0, 0.1) is 0 Å². The lowest BCUT2D eigenvalue weighted by atomic mass is 9.96. The Morgan fingerprint density at radius 3 is 2.29 bits per heavy atom. The monoisotopic (exact) mass is 326 g/mol. The minimum absolute atomic E-state index is 0.0289. The number of ether oxygens (including phenoxy) is 1. The molecule has 3 rings (SSSR count). The summed E-state index contributed by atoms with van der Waals surface area (Å²) in [7, 11) is 0. The van der Waals surface area contributed by atoms with E-state index in [9.17, 15) is 19.5 Å². The van der Waals surface area contributed by atoms with Crippen LogP contribution in [0.15, 0.2) is 30.3 Å². The van der Waals surface area contributed by atoms with Crippen molar-refractivity contribution in [2.45, 2.75) is 20.0 Å². The summed E-state index contributed by atoms with van der Waals surface area (Å²) in [6.07, 6.45) is 0.444. The molecule has 0 saturated heterocycles. The van der Waals surface area contributed by atoms with Crippen LogP contribution in [0.1, 0.15) is 44.3 Å². The Bertz CT molecular complexity index is 881. The number of carboxylic acid groups (broad SMARTS) is 2. The van der Waals surface area contributed by atoms with Gasteiger partial charge in [-0.3, -0.25) is 4.79 Å². The summed E-state index contributed by atoms with van der Waals surface area (Å²) in [5.74, 6) is -2.53. The number of hydrogen-bond donors (Lipinski definition) is 2. The van der Waals surface area contributed by atoms with Gasteiger partial charge in [-0.15, -0.1) is 0 Å². The summed E-state index contributed by atoms with van der Waals surface area (Å²) in [5, 5.41) is 18.4. The van der Waals surface area contributed by atoms with Crippen LogP contribution < -0.4 is 0 Å². The highest BCUT2D eigenvalue weighted by Gasteiger charge is 2.25. The fourth-order valence-electron chi connectivity index (χ4n) is 2.99. The van der Waals surface area contributed by atoms with Crippen molar-refractivity contribution >= 4 is 17.9 Å². The molecule has 122 valence electrons. The Labute approximate surface area is 137 Å². The lowest BCUT2D eigenvalue weighted by Crippen LogP contribution is -2.04. The fraction of sp³-hybridized carbons (Fsp3) is 0.167. The second-order valence-electron chi connectivity index (χ2n) is 5.61. The van der Waals surface area contributed by atoms with Crippen molar-refractivity contribution in [1.29, 1.82) is 0 Å². The minimum atomic E-state index is -1.07. The van der Waals surface area contributed by atoms with E-state index in [2.05, 4.69) is 0 Å². The molecule has 1 aliphatic carbocycles. The summed E-state index contributed by atoms with van der Waals surface area (Å²) in [5.41, 5.74) is 4.15. The number of benzene rings is 2. The van der Waals surface area contributed by atoms with Crippen molar-refractivity contribution in [3.05, 3.63) is 58.1 Å². The molecular weight excluding hydrogens is 312 g/mol. The van der Waals surface area contributed by atoms with Gasteiger partial charge in [-0.05, 0) is 58.5 Å². The van der Waals surface area contributed by atoms with Crippen molar-refractivity contribution < 1.29 is 29.3 Å². The average molecular weight is 326 g/mol. The second-order valence-corrected chi connectivity index (χ2v) is 5.61. The minimum Gasteiger partial charge on any atom is -0.478 e. The highest BCUT2D eigenvalue weighted by molar-refractivity contribution is 5.93. The Hall–Kier alpha value is -3.15. The van der Waals surface area contributed by atoms with E-state index in [1.54, 1.807) is 18.2 Å². The number of esters is 1. The second kappa shape index (κ2) is 5.81. The van der Waals surface area contributed by atoms with E-state index in [1.807, 2.05) is 0 Å². The largest absolute Gasteiger partial charge is 0.478 e. The third-order valence-corrected chi connectivity index (χ3v) is 3.98. The maximum absolute atomic E-state index is 11.3. The van der Waals surface area contributed by atoms with Crippen molar-refractivity contribution in [3.63, 3.8) is 0 Å². The van der Waals surface area contributed by atoms with Gasteiger partial charge in [-0.2, -0.15) is 0 Å². The molecular formula is C18H14O6. The zero-order valence-corrected chi connectivity index (χ0v) is 12.8. The topological polar surface area (TPSA) is 101 Å². The molecule has 0 spiro atoms. The summed E-state index contributed by atoms with van der Waals surface area (Å²) < 4.78 is 5.04. The molecule has 0 fully saturated rings. The molecule has 0 heterocycles. The molecule has 0 amide bonds. The molecule has 6 heteroatoms. The molecule has 0 bridgehead atoms. The molecule has 0 atom stereocenters. The smallest absolute Gasteiger partial charge is 0.335 e. The predicted molar refractivity (Wildman–Crippen MR) is 84.1 cm³/mol.